The SMILES string of the molecule is CCCCSC(=S)NC1C=C[C@]2(O[C@H](C(CC)C(=O)[C@@H](C)[C@@H](O)[C@H](C)[C@@H]3O[C@@H](CC(=O)O)CC[C@@H]3C)[C@@H](C)C[C@H]2C)O[C@@]12CC[C@@](C)([C@H]1CC[C@@H](C)[C@H](C)O1)O2. The minimum Gasteiger partial charge on any atom is -0.481 e. The highest BCUT2D eigenvalue weighted by Gasteiger charge is 2.63. The number of thiocarbonyl (C=S) groups is 1. The van der Waals surface area contributed by atoms with E-state index >= 15 is 0 Å². The van der Waals surface area contributed by atoms with Crippen LogP contribution in [-0.2, 0) is 33.3 Å². The van der Waals surface area contributed by atoms with Crippen LogP contribution in [0.3, 0.4) is 0 Å². The molecule has 2 unspecified atom stereocenters. The predicted molar refractivity (Wildman–Crippen MR) is 224 cm³/mol. The molecule has 10 nitrogen and oxygen atoms in total. The highest BCUT2D eigenvalue weighted by molar-refractivity contribution is 8.22. The van der Waals surface area contributed by atoms with Gasteiger partial charge in [0.2, 0.25) is 0 Å². The molecule has 0 amide bonds. The quantitative estimate of drug-likeness (QED) is 0.0882. The van der Waals surface area contributed by atoms with Crippen molar-refractivity contribution >= 4 is 40.1 Å². The number of carboxylic acids is 1. The van der Waals surface area contributed by atoms with E-state index in [4.69, 9.17) is 35.9 Å². The first-order valence-corrected chi connectivity index (χ1v) is 23.2. The third-order valence-electron chi connectivity index (χ3n) is 14.2. The Balaban J connectivity index is 1.38. The van der Waals surface area contributed by atoms with Crippen LogP contribution in [0.2, 0.25) is 0 Å². The van der Waals surface area contributed by atoms with Crippen LogP contribution in [0.1, 0.15) is 140 Å². The topological polar surface area (TPSA) is 133 Å². The number of thioether (sulfide) groups is 1. The number of aliphatic hydroxyl groups is 1. The number of rotatable bonds is 14. The fourth-order valence-corrected chi connectivity index (χ4v) is 11.5. The van der Waals surface area contributed by atoms with E-state index < -0.39 is 53.3 Å². The van der Waals surface area contributed by atoms with Crippen LogP contribution in [0.25, 0.3) is 0 Å². The Bertz CT molecular complexity index is 1400. The van der Waals surface area contributed by atoms with Crippen LogP contribution < -0.4 is 5.32 Å². The number of ether oxygens (including phenoxy) is 5. The van der Waals surface area contributed by atoms with Crippen molar-refractivity contribution in [1.82, 2.24) is 5.32 Å². The molecule has 0 aliphatic carbocycles. The molecule has 0 radical (unpaired) electrons. The third kappa shape index (κ3) is 9.90. The van der Waals surface area contributed by atoms with Gasteiger partial charge in [0.1, 0.15) is 16.1 Å². The van der Waals surface area contributed by atoms with Crippen LogP contribution in [0.15, 0.2) is 12.2 Å². The molecule has 17 atom stereocenters. The molecule has 0 bridgehead atoms. The maximum atomic E-state index is 14.6. The number of nitrogens with one attached hydrogen (secondary N) is 1. The number of Topliss-reactive ketones (excluding diaryl/α,β-unsaturated/α-hetero) is 1. The largest absolute Gasteiger partial charge is 0.481 e. The van der Waals surface area contributed by atoms with Crippen LogP contribution in [0.4, 0.5) is 0 Å². The van der Waals surface area contributed by atoms with Gasteiger partial charge in [0.05, 0.1) is 48.6 Å². The molecule has 5 aliphatic heterocycles. The molecule has 0 aromatic heterocycles. The van der Waals surface area contributed by atoms with Crippen molar-refractivity contribution in [3.8, 4) is 0 Å². The number of hydrogen-bond acceptors (Lipinski definition) is 10. The predicted octanol–water partition coefficient (Wildman–Crippen LogP) is 8.46. The van der Waals surface area contributed by atoms with Crippen molar-refractivity contribution < 1.29 is 43.5 Å². The monoisotopic (exact) mass is 823 g/mol. The second-order valence-corrected chi connectivity index (χ2v) is 20.3. The summed E-state index contributed by atoms with van der Waals surface area (Å²) in [6, 6.07) is -0.343. The minimum absolute atomic E-state index is 0.0321. The Morgan fingerprint density at radius 1 is 0.964 bits per heavy atom. The van der Waals surface area contributed by atoms with E-state index in [1.54, 1.807) is 11.8 Å². The van der Waals surface area contributed by atoms with Crippen LogP contribution in [-0.4, -0.2) is 91.9 Å². The molecule has 12 heteroatoms. The van der Waals surface area contributed by atoms with E-state index in [-0.39, 0.29) is 60.2 Å². The number of aliphatic carboxylic acids is 1. The minimum atomic E-state index is -1.14. The lowest BCUT2D eigenvalue weighted by molar-refractivity contribution is -0.397. The van der Waals surface area contributed by atoms with Crippen molar-refractivity contribution in [1.29, 1.82) is 0 Å². The number of ketones is 1. The molecule has 3 N–H and O–H groups in total. The van der Waals surface area contributed by atoms with Gasteiger partial charge in [-0.1, -0.05) is 91.9 Å². The molecule has 2 spiro atoms. The van der Waals surface area contributed by atoms with Gasteiger partial charge in [0, 0.05) is 35.8 Å². The average Bonchev–Trinajstić information content (AvgIpc) is 3.49. The smallest absolute Gasteiger partial charge is 0.305 e. The number of carbonyl (C=O) groups excluding carboxylic acids is 1. The van der Waals surface area contributed by atoms with Crippen LogP contribution >= 0.6 is 24.0 Å². The lowest BCUT2D eigenvalue weighted by atomic mass is 9.72. The van der Waals surface area contributed by atoms with Crippen molar-refractivity contribution in [2.24, 2.45) is 41.4 Å². The molecule has 0 saturated carbocycles. The fourth-order valence-electron chi connectivity index (χ4n) is 10.3. The second kappa shape index (κ2) is 19.1. The summed E-state index contributed by atoms with van der Waals surface area (Å²) in [6.07, 6.45) is 10.4. The summed E-state index contributed by atoms with van der Waals surface area (Å²) in [7, 11) is 0. The molecule has 320 valence electrons. The normalized spacial score (nSPS) is 42.3. The van der Waals surface area contributed by atoms with Gasteiger partial charge >= 0.3 is 5.97 Å². The number of carboxylic acid groups (broad SMARTS) is 1. The maximum Gasteiger partial charge on any atom is 0.305 e. The standard InChI is InChI=1S/C44H73NO9S2/c1-11-13-22-56-41(55)45-34-18-19-43(54-44(34)21-20-42(10,53-44)35-17-15-25(3)31(9)50-35)28(6)23-27(5)40(52-43)33(12-2)38(49)29(7)37(48)30(8)39-26(4)14-16-32(51-39)24-36(46)47/h18-19,25-35,37,39-40,48H,11-17,20-24H2,1-10H3,(H,45,55)(H,46,47)/t25-,26+,27+,28-,29+,30+,31+,32-,33?,34?,35-,37-,39-,40+,42+,43+,44+/m1/s1. The summed E-state index contributed by atoms with van der Waals surface area (Å²) < 4.78 is 35.4. The molecule has 5 aliphatic rings. The Morgan fingerprint density at radius 2 is 1.68 bits per heavy atom. The number of unbranched alkanes of at least 4 members (excludes halogenated alkanes) is 1. The highest BCUT2D eigenvalue weighted by Crippen LogP contribution is 2.54. The molecule has 56 heavy (non-hydrogen) atoms. The highest BCUT2D eigenvalue weighted by atomic mass is 32.2. The molecular formula is C44H73NO9S2. The summed E-state index contributed by atoms with van der Waals surface area (Å²) in [5.74, 6) is -3.06. The van der Waals surface area contributed by atoms with Gasteiger partial charge < -0.3 is 39.2 Å². The van der Waals surface area contributed by atoms with Gasteiger partial charge in [0.15, 0.2) is 11.6 Å². The van der Waals surface area contributed by atoms with Gasteiger partial charge in [-0.3, -0.25) is 9.59 Å². The first kappa shape index (κ1) is 46.0. The van der Waals surface area contributed by atoms with E-state index in [0.29, 0.717) is 29.5 Å². The Kier molecular flexibility index (Phi) is 15.7. The van der Waals surface area contributed by atoms with Gasteiger partial charge in [-0.15, -0.1) is 0 Å². The number of aliphatic hydroxyl groups excluding tert-OH is 1. The lowest BCUT2D eigenvalue weighted by Gasteiger charge is -2.55. The zero-order valence-corrected chi connectivity index (χ0v) is 37.4. The zero-order valence-electron chi connectivity index (χ0n) is 35.8. The second-order valence-electron chi connectivity index (χ2n) is 18.5. The van der Waals surface area contributed by atoms with Crippen molar-refractivity contribution in [2.75, 3.05) is 5.75 Å². The number of hydrogen-bond donors (Lipinski definition) is 3. The first-order chi connectivity index (χ1) is 26.4. The summed E-state index contributed by atoms with van der Waals surface area (Å²) >= 11 is 7.51. The van der Waals surface area contributed by atoms with Crippen molar-refractivity contribution in [3.05, 3.63) is 12.2 Å². The van der Waals surface area contributed by atoms with E-state index in [2.05, 4.69) is 59.9 Å². The van der Waals surface area contributed by atoms with Gasteiger partial charge in [-0.05, 0) is 89.0 Å². The summed E-state index contributed by atoms with van der Waals surface area (Å²) in [5, 5.41) is 24.7. The Labute approximate surface area is 346 Å². The maximum absolute atomic E-state index is 14.6. The summed E-state index contributed by atoms with van der Waals surface area (Å²) in [4.78, 5) is 26.0. The summed E-state index contributed by atoms with van der Waals surface area (Å²) in [6.45, 7) is 20.9. The molecule has 0 aromatic carbocycles. The fraction of sp³-hybridized carbons (Fsp3) is 0.886. The van der Waals surface area contributed by atoms with Crippen molar-refractivity contribution in [3.63, 3.8) is 0 Å². The lowest BCUT2D eigenvalue weighted by Crippen LogP contribution is -2.65. The van der Waals surface area contributed by atoms with Crippen molar-refractivity contribution in [2.45, 2.75) is 200 Å². The molecule has 5 heterocycles. The number of carbonyl (C=O) groups is 2. The zero-order chi connectivity index (χ0) is 41.2. The van der Waals surface area contributed by atoms with Crippen LogP contribution in [0.5, 0.6) is 0 Å². The first-order valence-electron chi connectivity index (χ1n) is 21.8. The van der Waals surface area contributed by atoms with Gasteiger partial charge in [0.25, 0.3) is 0 Å². The molecule has 4 fully saturated rings. The third-order valence-corrected chi connectivity index (χ3v) is 15.6. The molecule has 0 aromatic rings. The molecule has 5 rings (SSSR count). The van der Waals surface area contributed by atoms with E-state index in [0.717, 1.165) is 50.7 Å². The van der Waals surface area contributed by atoms with E-state index in [1.165, 1.54) is 0 Å². The van der Waals surface area contributed by atoms with E-state index in [1.807, 2.05) is 26.8 Å². The summed E-state index contributed by atoms with van der Waals surface area (Å²) in [5.41, 5.74) is -0.570. The molecule has 4 saturated heterocycles. The van der Waals surface area contributed by atoms with Gasteiger partial charge in [-0.25, -0.2) is 0 Å². The van der Waals surface area contributed by atoms with Crippen LogP contribution in [0, 0.1) is 41.4 Å². The Morgan fingerprint density at radius 3 is 2.34 bits per heavy atom. The molecular weight excluding hydrogens is 751 g/mol. The van der Waals surface area contributed by atoms with Gasteiger partial charge in [-0.2, -0.15) is 0 Å². The average molecular weight is 824 g/mol. The van der Waals surface area contributed by atoms with E-state index in [9.17, 15) is 19.8 Å². The Hall–Kier alpha value is -1.12.